The van der Waals surface area contributed by atoms with Crippen molar-refractivity contribution in [1.29, 1.82) is 0 Å². The number of fused-ring (bicyclic) bond motifs is 3. The van der Waals surface area contributed by atoms with E-state index >= 15 is 0 Å². The summed E-state index contributed by atoms with van der Waals surface area (Å²) in [5.74, 6) is -2.19. The molecule has 0 fully saturated rings. The number of carbonyl (C=O) groups excluding carboxylic acids is 2. The van der Waals surface area contributed by atoms with Gasteiger partial charge in [0, 0.05) is 12.5 Å². The van der Waals surface area contributed by atoms with Crippen LogP contribution in [-0.4, -0.2) is 41.8 Å². The second kappa shape index (κ2) is 10.5. The second-order valence-electron chi connectivity index (χ2n) is 10.6. The van der Waals surface area contributed by atoms with E-state index in [4.69, 9.17) is 4.74 Å². The highest BCUT2D eigenvalue weighted by Crippen LogP contribution is 2.44. The quantitative estimate of drug-likeness (QED) is 0.471. The van der Waals surface area contributed by atoms with Gasteiger partial charge in [0.2, 0.25) is 5.91 Å². The molecule has 0 spiro atoms. The van der Waals surface area contributed by atoms with Crippen LogP contribution in [0.2, 0.25) is 0 Å². The largest absolute Gasteiger partial charge is 0.481 e. The van der Waals surface area contributed by atoms with Crippen LogP contribution >= 0.6 is 0 Å². The highest BCUT2D eigenvalue weighted by Gasteiger charge is 2.36. The molecule has 0 saturated carbocycles. The minimum Gasteiger partial charge on any atom is -0.481 e. The topological polar surface area (TPSA) is 105 Å². The van der Waals surface area contributed by atoms with Gasteiger partial charge in [0.1, 0.15) is 12.1 Å². The zero-order valence-electron chi connectivity index (χ0n) is 21.2. The van der Waals surface area contributed by atoms with Crippen molar-refractivity contribution >= 4 is 18.0 Å². The van der Waals surface area contributed by atoms with Crippen LogP contribution in [0.15, 0.2) is 48.5 Å². The molecule has 2 aromatic rings. The van der Waals surface area contributed by atoms with Crippen LogP contribution in [0.4, 0.5) is 4.79 Å². The monoisotopic (exact) mass is 480 g/mol. The molecule has 0 bridgehead atoms. The molecule has 2 aromatic carbocycles. The highest BCUT2D eigenvalue weighted by atomic mass is 16.5. The summed E-state index contributed by atoms with van der Waals surface area (Å²) in [5, 5.41) is 14.9. The molecule has 2 atom stereocenters. The Balaban J connectivity index is 1.62. The van der Waals surface area contributed by atoms with Gasteiger partial charge in [-0.05, 0) is 47.4 Å². The number of hydrogen-bond acceptors (Lipinski definition) is 4. The maximum Gasteiger partial charge on any atom is 0.408 e. The molecule has 2 amide bonds. The van der Waals surface area contributed by atoms with E-state index in [0.717, 1.165) is 22.3 Å². The minimum absolute atomic E-state index is 0.00655. The van der Waals surface area contributed by atoms with Gasteiger partial charge in [-0.25, -0.2) is 4.79 Å². The van der Waals surface area contributed by atoms with Gasteiger partial charge in [-0.1, -0.05) is 76.2 Å². The molecular formula is C28H36N2O5. The number of ether oxygens (including phenoxy) is 1. The third-order valence-corrected chi connectivity index (χ3v) is 6.65. The van der Waals surface area contributed by atoms with E-state index in [0.29, 0.717) is 12.8 Å². The van der Waals surface area contributed by atoms with Gasteiger partial charge in [-0.2, -0.15) is 0 Å². The van der Waals surface area contributed by atoms with Crippen molar-refractivity contribution < 1.29 is 24.2 Å². The molecule has 7 nitrogen and oxygen atoms in total. The first-order valence-electron chi connectivity index (χ1n) is 12.1. The summed E-state index contributed by atoms with van der Waals surface area (Å²) in [4.78, 5) is 37.3. The summed E-state index contributed by atoms with van der Waals surface area (Å²) in [6, 6.07) is 16.2. The van der Waals surface area contributed by atoms with Crippen LogP contribution in [0.3, 0.4) is 0 Å². The highest BCUT2D eigenvalue weighted by molar-refractivity contribution is 5.90. The zero-order valence-corrected chi connectivity index (χ0v) is 21.2. The SMILES string of the molecule is CCC(C)(NC(=O)OCC1c2ccccc2-c2ccccc21)C(=O)NCC(CC(C)(C)C)C(=O)O. The van der Waals surface area contributed by atoms with Gasteiger partial charge in [0.15, 0.2) is 0 Å². The average Bonchev–Trinajstić information content (AvgIpc) is 3.13. The van der Waals surface area contributed by atoms with Crippen LogP contribution in [0.5, 0.6) is 0 Å². The lowest BCUT2D eigenvalue weighted by Gasteiger charge is -2.29. The smallest absolute Gasteiger partial charge is 0.408 e. The molecule has 3 N–H and O–H groups in total. The van der Waals surface area contributed by atoms with Gasteiger partial charge < -0.3 is 20.5 Å². The Morgan fingerprint density at radius 3 is 2.00 bits per heavy atom. The Hall–Kier alpha value is -3.35. The van der Waals surface area contributed by atoms with Gasteiger partial charge in [0.25, 0.3) is 0 Å². The Kier molecular flexibility index (Phi) is 7.88. The van der Waals surface area contributed by atoms with Crippen LogP contribution in [0.1, 0.15) is 64.5 Å². The number of nitrogens with one attached hydrogen (secondary N) is 2. The standard InChI is InChI=1S/C28H36N2O5/c1-6-28(5,25(33)29-16-18(24(31)32)15-27(2,3)4)30-26(34)35-17-23-21-13-9-7-11-19(21)20-12-8-10-14-22(20)23/h7-14,18,23H,6,15-17H2,1-5H3,(H,29,33)(H,30,34)(H,31,32). The molecule has 1 aliphatic rings. The number of carboxylic acid groups (broad SMARTS) is 1. The molecule has 0 heterocycles. The number of aliphatic carboxylic acids is 1. The Morgan fingerprint density at radius 1 is 0.971 bits per heavy atom. The summed E-state index contributed by atoms with van der Waals surface area (Å²) in [6.45, 7) is 9.41. The second-order valence-corrected chi connectivity index (χ2v) is 10.6. The van der Waals surface area contributed by atoms with E-state index in [1.54, 1.807) is 13.8 Å². The first kappa shape index (κ1) is 26.3. The Bertz CT molecular complexity index is 1050. The Morgan fingerprint density at radius 2 is 1.51 bits per heavy atom. The molecule has 0 radical (unpaired) electrons. The molecule has 0 aliphatic heterocycles. The van der Waals surface area contributed by atoms with Crippen LogP contribution in [0, 0.1) is 11.3 Å². The van der Waals surface area contributed by atoms with Crippen molar-refractivity contribution in [3.05, 3.63) is 59.7 Å². The molecule has 2 unspecified atom stereocenters. The van der Waals surface area contributed by atoms with Crippen LogP contribution < -0.4 is 10.6 Å². The number of alkyl carbamates (subject to hydrolysis) is 1. The normalized spacial score (nSPS) is 15.3. The fourth-order valence-electron chi connectivity index (χ4n) is 4.56. The number of carboxylic acids is 1. The minimum atomic E-state index is -1.23. The molecular weight excluding hydrogens is 444 g/mol. The van der Waals surface area contributed by atoms with E-state index in [-0.39, 0.29) is 24.5 Å². The number of amides is 2. The van der Waals surface area contributed by atoms with Gasteiger partial charge in [0.05, 0.1) is 5.92 Å². The third kappa shape index (κ3) is 6.21. The van der Waals surface area contributed by atoms with Crippen molar-refractivity contribution in [2.75, 3.05) is 13.2 Å². The Labute approximate surface area is 207 Å². The van der Waals surface area contributed by atoms with Gasteiger partial charge in [-0.15, -0.1) is 0 Å². The maximum atomic E-state index is 12.9. The van der Waals surface area contributed by atoms with E-state index in [1.165, 1.54) is 0 Å². The molecule has 188 valence electrons. The molecule has 0 saturated heterocycles. The summed E-state index contributed by atoms with van der Waals surface area (Å²) >= 11 is 0. The van der Waals surface area contributed by atoms with E-state index in [9.17, 15) is 19.5 Å². The van der Waals surface area contributed by atoms with Crippen molar-refractivity contribution in [3.63, 3.8) is 0 Å². The summed E-state index contributed by atoms with van der Waals surface area (Å²) in [6.07, 6.45) is 0.0570. The predicted octanol–water partition coefficient (Wildman–Crippen LogP) is 4.95. The number of hydrogen-bond donors (Lipinski definition) is 3. The van der Waals surface area contributed by atoms with E-state index in [1.807, 2.05) is 57.2 Å². The van der Waals surface area contributed by atoms with E-state index in [2.05, 4.69) is 22.8 Å². The first-order valence-corrected chi connectivity index (χ1v) is 12.1. The lowest BCUT2D eigenvalue weighted by atomic mass is 9.84. The van der Waals surface area contributed by atoms with Crippen molar-refractivity contribution in [3.8, 4) is 11.1 Å². The molecule has 0 aromatic heterocycles. The summed E-state index contributed by atoms with van der Waals surface area (Å²) in [5.41, 5.74) is 3.07. The summed E-state index contributed by atoms with van der Waals surface area (Å²) < 4.78 is 5.59. The zero-order chi connectivity index (χ0) is 25.8. The van der Waals surface area contributed by atoms with Crippen LogP contribution in [-0.2, 0) is 14.3 Å². The number of carbonyl (C=O) groups is 3. The number of rotatable bonds is 9. The number of benzene rings is 2. The first-order chi connectivity index (χ1) is 16.4. The lowest BCUT2D eigenvalue weighted by molar-refractivity contribution is -0.143. The fourth-order valence-corrected chi connectivity index (χ4v) is 4.56. The van der Waals surface area contributed by atoms with Crippen molar-refractivity contribution in [2.45, 2.75) is 58.9 Å². The molecule has 35 heavy (non-hydrogen) atoms. The van der Waals surface area contributed by atoms with Crippen molar-refractivity contribution in [2.24, 2.45) is 11.3 Å². The van der Waals surface area contributed by atoms with Gasteiger partial charge >= 0.3 is 12.1 Å². The average molecular weight is 481 g/mol. The van der Waals surface area contributed by atoms with Crippen molar-refractivity contribution in [1.82, 2.24) is 10.6 Å². The van der Waals surface area contributed by atoms with E-state index < -0.39 is 29.4 Å². The third-order valence-electron chi connectivity index (χ3n) is 6.65. The molecule has 1 aliphatic carbocycles. The fraction of sp³-hybridized carbons (Fsp3) is 0.464. The van der Waals surface area contributed by atoms with Gasteiger partial charge in [-0.3, -0.25) is 9.59 Å². The van der Waals surface area contributed by atoms with Crippen LogP contribution in [0.25, 0.3) is 11.1 Å². The molecule has 3 rings (SSSR count). The maximum absolute atomic E-state index is 12.9. The predicted molar refractivity (Wildman–Crippen MR) is 135 cm³/mol. The lowest BCUT2D eigenvalue weighted by Crippen LogP contribution is -2.57. The molecule has 7 heteroatoms. The summed E-state index contributed by atoms with van der Waals surface area (Å²) in [7, 11) is 0.